The molecule has 0 aliphatic carbocycles. The first kappa shape index (κ1) is 15.5. The fraction of sp³-hybridized carbons (Fsp3) is 0.500. The van der Waals surface area contributed by atoms with Crippen LogP contribution in [0.15, 0.2) is 24.3 Å². The smallest absolute Gasteiger partial charge is 0.327 e. The predicted molar refractivity (Wildman–Crippen MR) is 81.2 cm³/mol. The molecular weight excluding hydrogens is 268 g/mol. The van der Waals surface area contributed by atoms with Gasteiger partial charge in [-0.1, -0.05) is 31.0 Å². The summed E-state index contributed by atoms with van der Waals surface area (Å²) >= 11 is 0. The van der Waals surface area contributed by atoms with E-state index in [9.17, 15) is 14.7 Å². The number of rotatable bonds is 7. The van der Waals surface area contributed by atoms with E-state index in [4.69, 9.17) is 5.73 Å². The van der Waals surface area contributed by atoms with E-state index in [0.29, 0.717) is 19.4 Å². The molecule has 21 heavy (non-hydrogen) atoms. The van der Waals surface area contributed by atoms with Gasteiger partial charge in [-0.25, -0.2) is 4.79 Å². The summed E-state index contributed by atoms with van der Waals surface area (Å²) in [5.41, 5.74) is 7.11. The van der Waals surface area contributed by atoms with Gasteiger partial charge in [0.05, 0.1) is 0 Å². The maximum atomic E-state index is 12.4. The molecule has 1 unspecified atom stereocenters. The minimum Gasteiger partial charge on any atom is -0.480 e. The van der Waals surface area contributed by atoms with Crippen LogP contribution in [-0.2, 0) is 16.0 Å². The van der Waals surface area contributed by atoms with Gasteiger partial charge in [0.25, 0.3) is 0 Å². The summed E-state index contributed by atoms with van der Waals surface area (Å²) in [5.74, 6) is -1.04. The standard InChI is InChI=1S/C16H22N2O3/c17-10-6-2-1-3-9-15(19)18-13-8-5-4-7-12(13)11-14(18)16(20)21/h4-5,7-8,14H,1-3,6,9-11,17H2,(H,20,21). The Morgan fingerprint density at radius 3 is 2.62 bits per heavy atom. The molecule has 2 rings (SSSR count). The lowest BCUT2D eigenvalue weighted by Gasteiger charge is -2.22. The number of hydrogen-bond donors (Lipinski definition) is 2. The number of benzene rings is 1. The molecule has 114 valence electrons. The number of carbonyl (C=O) groups excluding carboxylic acids is 1. The van der Waals surface area contributed by atoms with Gasteiger partial charge in [-0.3, -0.25) is 9.69 Å². The van der Waals surface area contributed by atoms with Crippen molar-refractivity contribution in [3.05, 3.63) is 29.8 Å². The number of fused-ring (bicyclic) bond motifs is 1. The van der Waals surface area contributed by atoms with Crippen LogP contribution in [0.2, 0.25) is 0 Å². The maximum Gasteiger partial charge on any atom is 0.327 e. The van der Waals surface area contributed by atoms with E-state index in [0.717, 1.165) is 36.9 Å². The number of nitrogens with two attached hydrogens (primary N) is 1. The van der Waals surface area contributed by atoms with E-state index in [1.54, 1.807) is 0 Å². The Kier molecular flexibility index (Phi) is 5.33. The number of hydrogen-bond acceptors (Lipinski definition) is 3. The number of amides is 1. The molecule has 1 heterocycles. The second-order valence-electron chi connectivity index (χ2n) is 5.40. The lowest BCUT2D eigenvalue weighted by molar-refractivity contribution is -0.139. The van der Waals surface area contributed by atoms with Gasteiger partial charge < -0.3 is 10.8 Å². The minimum absolute atomic E-state index is 0.0971. The van der Waals surface area contributed by atoms with Crippen LogP contribution < -0.4 is 10.6 Å². The van der Waals surface area contributed by atoms with Crippen molar-refractivity contribution in [2.24, 2.45) is 5.73 Å². The van der Waals surface area contributed by atoms with E-state index in [2.05, 4.69) is 0 Å². The Balaban J connectivity index is 2.01. The zero-order valence-corrected chi connectivity index (χ0v) is 12.1. The molecule has 1 aliphatic heterocycles. The highest BCUT2D eigenvalue weighted by atomic mass is 16.4. The van der Waals surface area contributed by atoms with Crippen molar-refractivity contribution in [2.75, 3.05) is 11.4 Å². The van der Waals surface area contributed by atoms with Gasteiger partial charge in [-0.05, 0) is 31.0 Å². The van der Waals surface area contributed by atoms with Gasteiger partial charge in [-0.2, -0.15) is 0 Å². The Morgan fingerprint density at radius 1 is 1.19 bits per heavy atom. The third-order valence-electron chi connectivity index (χ3n) is 3.87. The SMILES string of the molecule is NCCCCCCC(=O)N1c2ccccc2CC1C(=O)O. The molecule has 0 radical (unpaired) electrons. The lowest BCUT2D eigenvalue weighted by Crippen LogP contribution is -2.42. The second kappa shape index (κ2) is 7.22. The number of carbonyl (C=O) groups is 2. The number of nitrogens with zero attached hydrogens (tertiary/aromatic N) is 1. The number of carboxylic acid groups (broad SMARTS) is 1. The molecule has 1 amide bonds. The number of unbranched alkanes of at least 4 members (excludes halogenated alkanes) is 3. The largest absolute Gasteiger partial charge is 0.480 e. The topological polar surface area (TPSA) is 83.6 Å². The summed E-state index contributed by atoms with van der Waals surface area (Å²) in [6, 6.07) is 6.66. The van der Waals surface area contributed by atoms with Crippen LogP contribution in [0.5, 0.6) is 0 Å². The van der Waals surface area contributed by atoms with Gasteiger partial charge in [0, 0.05) is 18.5 Å². The molecule has 1 aliphatic rings. The fourth-order valence-electron chi connectivity index (χ4n) is 2.79. The van der Waals surface area contributed by atoms with Crippen molar-refractivity contribution < 1.29 is 14.7 Å². The van der Waals surface area contributed by atoms with Crippen LogP contribution in [0.3, 0.4) is 0 Å². The van der Waals surface area contributed by atoms with Gasteiger partial charge >= 0.3 is 5.97 Å². The zero-order chi connectivity index (χ0) is 15.2. The van der Waals surface area contributed by atoms with Gasteiger partial charge in [0.2, 0.25) is 5.91 Å². The number of aliphatic carboxylic acids is 1. The Hall–Kier alpha value is -1.88. The van der Waals surface area contributed by atoms with E-state index in [1.807, 2.05) is 24.3 Å². The Bertz CT molecular complexity index is 516. The minimum atomic E-state index is -0.942. The summed E-state index contributed by atoms with van der Waals surface area (Å²) in [6.45, 7) is 0.675. The van der Waals surface area contributed by atoms with Crippen molar-refractivity contribution in [2.45, 2.75) is 44.6 Å². The highest BCUT2D eigenvalue weighted by Crippen LogP contribution is 2.32. The highest BCUT2D eigenvalue weighted by Gasteiger charge is 2.37. The van der Waals surface area contributed by atoms with Crippen molar-refractivity contribution in [3.63, 3.8) is 0 Å². The van der Waals surface area contributed by atoms with E-state index in [1.165, 1.54) is 4.90 Å². The van der Waals surface area contributed by atoms with Crippen LogP contribution in [0.4, 0.5) is 5.69 Å². The molecule has 0 saturated carbocycles. The number of para-hydroxylation sites is 1. The fourth-order valence-corrected chi connectivity index (χ4v) is 2.79. The highest BCUT2D eigenvalue weighted by molar-refractivity contribution is 6.01. The first-order valence-corrected chi connectivity index (χ1v) is 7.48. The summed E-state index contributed by atoms with van der Waals surface area (Å²) in [4.78, 5) is 25.2. The van der Waals surface area contributed by atoms with Crippen LogP contribution >= 0.6 is 0 Å². The quantitative estimate of drug-likeness (QED) is 0.752. The van der Waals surface area contributed by atoms with Crippen LogP contribution in [-0.4, -0.2) is 29.6 Å². The van der Waals surface area contributed by atoms with Crippen LogP contribution in [0.1, 0.15) is 37.7 Å². The van der Waals surface area contributed by atoms with Crippen LogP contribution in [0, 0.1) is 0 Å². The molecule has 1 aromatic carbocycles. The number of carboxylic acids is 1. The average Bonchev–Trinajstić information content (AvgIpc) is 2.86. The monoisotopic (exact) mass is 290 g/mol. The molecule has 3 N–H and O–H groups in total. The first-order valence-electron chi connectivity index (χ1n) is 7.48. The molecule has 0 bridgehead atoms. The van der Waals surface area contributed by atoms with E-state index >= 15 is 0 Å². The van der Waals surface area contributed by atoms with Gasteiger partial charge in [-0.15, -0.1) is 0 Å². The molecule has 0 aromatic heterocycles. The molecule has 5 nitrogen and oxygen atoms in total. The van der Waals surface area contributed by atoms with Crippen molar-refractivity contribution in [1.29, 1.82) is 0 Å². The first-order chi connectivity index (χ1) is 10.1. The lowest BCUT2D eigenvalue weighted by atomic mass is 10.1. The van der Waals surface area contributed by atoms with Crippen molar-refractivity contribution >= 4 is 17.6 Å². The maximum absolute atomic E-state index is 12.4. The summed E-state index contributed by atoms with van der Waals surface area (Å²) in [5, 5.41) is 9.34. The van der Waals surface area contributed by atoms with Crippen molar-refractivity contribution in [1.82, 2.24) is 0 Å². The Labute approximate surface area is 124 Å². The Morgan fingerprint density at radius 2 is 1.90 bits per heavy atom. The molecule has 0 saturated heterocycles. The normalized spacial score (nSPS) is 16.8. The van der Waals surface area contributed by atoms with Gasteiger partial charge in [0.1, 0.15) is 6.04 Å². The number of anilines is 1. The molecule has 0 fully saturated rings. The summed E-state index contributed by atoms with van der Waals surface area (Å²) in [7, 11) is 0. The van der Waals surface area contributed by atoms with Crippen LogP contribution in [0.25, 0.3) is 0 Å². The van der Waals surface area contributed by atoms with E-state index < -0.39 is 12.0 Å². The summed E-state index contributed by atoms with van der Waals surface area (Å²) < 4.78 is 0. The van der Waals surface area contributed by atoms with E-state index in [-0.39, 0.29) is 5.91 Å². The second-order valence-corrected chi connectivity index (χ2v) is 5.40. The predicted octanol–water partition coefficient (Wildman–Crippen LogP) is 1.94. The van der Waals surface area contributed by atoms with Crippen molar-refractivity contribution in [3.8, 4) is 0 Å². The molecule has 1 aromatic rings. The zero-order valence-electron chi connectivity index (χ0n) is 12.1. The summed E-state index contributed by atoms with van der Waals surface area (Å²) in [6.07, 6.45) is 4.51. The third-order valence-corrected chi connectivity index (χ3v) is 3.87. The molecule has 5 heteroatoms. The van der Waals surface area contributed by atoms with Gasteiger partial charge in [0.15, 0.2) is 0 Å². The molecule has 1 atom stereocenters. The molecule has 0 spiro atoms. The molecular formula is C16H22N2O3. The third kappa shape index (κ3) is 3.61. The average molecular weight is 290 g/mol.